The zero-order valence-corrected chi connectivity index (χ0v) is 16.9. The molecule has 1 saturated heterocycles. The van der Waals surface area contributed by atoms with E-state index in [-0.39, 0.29) is 29.5 Å². The van der Waals surface area contributed by atoms with E-state index in [0.717, 1.165) is 24.7 Å². The van der Waals surface area contributed by atoms with E-state index in [1.807, 2.05) is 42.8 Å². The number of nitrogens with zero attached hydrogens (tertiary/aromatic N) is 4. The largest absolute Gasteiger partial charge is 0.355 e. The molecule has 1 fully saturated rings. The number of aryl methyl sites for hydroxylation is 1. The van der Waals surface area contributed by atoms with Crippen LogP contribution in [0.4, 0.5) is 0 Å². The molecule has 126 valence electrons. The first-order chi connectivity index (χ1) is 10.1. The van der Waals surface area contributed by atoms with E-state index in [9.17, 15) is 0 Å². The molecule has 1 aliphatic heterocycles. The van der Waals surface area contributed by atoms with Crippen LogP contribution in [0, 0.1) is 0 Å². The second kappa shape index (κ2) is 8.97. The van der Waals surface area contributed by atoms with E-state index >= 15 is 0 Å². The lowest BCUT2D eigenvalue weighted by atomic mass is 9.97. The van der Waals surface area contributed by atoms with Gasteiger partial charge in [0, 0.05) is 38.1 Å². The van der Waals surface area contributed by atoms with Gasteiger partial charge in [0.15, 0.2) is 5.96 Å². The topological polar surface area (TPSA) is 57.5 Å². The first kappa shape index (κ1) is 19.6. The molecule has 6 nitrogen and oxygen atoms in total. The number of hydrogen-bond acceptors (Lipinski definition) is 4. The first-order valence-corrected chi connectivity index (χ1v) is 8.39. The summed E-state index contributed by atoms with van der Waals surface area (Å²) in [7, 11) is 8.09. The molecule has 0 radical (unpaired) electrons. The molecular formula is C14H27IN6S. The second-order valence-electron chi connectivity index (χ2n) is 5.65. The fourth-order valence-electron chi connectivity index (χ4n) is 2.46. The molecule has 0 amide bonds. The third-order valence-electron chi connectivity index (χ3n) is 4.20. The number of halogens is 1. The Hall–Kier alpha value is -0.480. The number of aromatic nitrogens is 2. The van der Waals surface area contributed by atoms with Gasteiger partial charge in [0.25, 0.3) is 0 Å². The molecule has 1 aromatic rings. The zero-order chi connectivity index (χ0) is 15.3. The van der Waals surface area contributed by atoms with Crippen LogP contribution in [-0.4, -0.2) is 65.4 Å². The summed E-state index contributed by atoms with van der Waals surface area (Å²) in [6.07, 6.45) is 3.03. The van der Waals surface area contributed by atoms with E-state index < -0.39 is 0 Å². The van der Waals surface area contributed by atoms with Crippen LogP contribution in [0.1, 0.15) is 12.1 Å². The van der Waals surface area contributed by atoms with Crippen LogP contribution in [-0.2, 0) is 13.6 Å². The van der Waals surface area contributed by atoms with Crippen molar-refractivity contribution in [1.82, 2.24) is 25.3 Å². The van der Waals surface area contributed by atoms with Crippen molar-refractivity contribution in [1.29, 1.82) is 0 Å². The van der Waals surface area contributed by atoms with Crippen LogP contribution in [0.2, 0.25) is 0 Å². The summed E-state index contributed by atoms with van der Waals surface area (Å²) in [6.45, 7) is 1.64. The van der Waals surface area contributed by atoms with Gasteiger partial charge in [-0.05, 0) is 32.3 Å². The van der Waals surface area contributed by atoms with Crippen LogP contribution in [0.3, 0.4) is 0 Å². The highest BCUT2D eigenvalue weighted by molar-refractivity contribution is 14.0. The van der Waals surface area contributed by atoms with Gasteiger partial charge in [0.2, 0.25) is 0 Å². The fraction of sp³-hybridized carbons (Fsp3) is 0.714. The average molecular weight is 438 g/mol. The Morgan fingerprint density at radius 3 is 2.77 bits per heavy atom. The molecule has 1 atom stereocenters. The molecule has 0 saturated carbocycles. The summed E-state index contributed by atoms with van der Waals surface area (Å²) in [5.74, 6) is 3.25. The Morgan fingerprint density at radius 2 is 2.27 bits per heavy atom. The van der Waals surface area contributed by atoms with Gasteiger partial charge in [-0.2, -0.15) is 16.9 Å². The van der Waals surface area contributed by atoms with Crippen molar-refractivity contribution in [3.63, 3.8) is 0 Å². The van der Waals surface area contributed by atoms with Gasteiger partial charge in [-0.1, -0.05) is 0 Å². The summed E-state index contributed by atoms with van der Waals surface area (Å²) < 4.78 is 1.87. The lowest BCUT2D eigenvalue weighted by Gasteiger charge is -2.36. The first-order valence-electron chi connectivity index (χ1n) is 7.24. The van der Waals surface area contributed by atoms with Crippen molar-refractivity contribution in [2.45, 2.75) is 18.5 Å². The standard InChI is InChI=1S/C14H26N6S.HI/c1-15-13(16-9-12-5-7-18-20(12)4)17-10-14(19(2)3)6-8-21-11-14;/h5,7H,6,8-11H2,1-4H3,(H2,15,16,17);1H. The van der Waals surface area contributed by atoms with Crippen molar-refractivity contribution >= 4 is 41.7 Å². The molecule has 1 unspecified atom stereocenters. The molecule has 0 aliphatic carbocycles. The van der Waals surface area contributed by atoms with E-state index in [2.05, 4.69) is 39.7 Å². The zero-order valence-electron chi connectivity index (χ0n) is 13.8. The third-order valence-corrected chi connectivity index (χ3v) is 5.43. The predicted octanol–water partition coefficient (Wildman–Crippen LogP) is 1.14. The van der Waals surface area contributed by atoms with Crippen molar-refractivity contribution in [3.8, 4) is 0 Å². The summed E-state index contributed by atoms with van der Waals surface area (Å²) in [5.41, 5.74) is 1.37. The maximum Gasteiger partial charge on any atom is 0.191 e. The Bertz CT molecular complexity index is 481. The normalized spacial score (nSPS) is 21.8. The summed E-state index contributed by atoms with van der Waals surface area (Å²) in [4.78, 5) is 6.65. The average Bonchev–Trinajstić information content (AvgIpc) is 3.09. The van der Waals surface area contributed by atoms with Crippen molar-refractivity contribution in [2.24, 2.45) is 12.0 Å². The number of rotatable bonds is 5. The maximum atomic E-state index is 4.31. The molecule has 0 bridgehead atoms. The van der Waals surface area contributed by atoms with Gasteiger partial charge in [-0.15, -0.1) is 24.0 Å². The van der Waals surface area contributed by atoms with Gasteiger partial charge in [-0.25, -0.2) is 0 Å². The highest BCUT2D eigenvalue weighted by Gasteiger charge is 2.36. The second-order valence-corrected chi connectivity index (χ2v) is 6.75. The van der Waals surface area contributed by atoms with Gasteiger partial charge >= 0.3 is 0 Å². The number of guanidine groups is 1. The van der Waals surface area contributed by atoms with E-state index in [4.69, 9.17) is 0 Å². The molecule has 1 aliphatic rings. The SMILES string of the molecule is CN=C(NCc1ccnn1C)NCC1(N(C)C)CCSC1.I. The van der Waals surface area contributed by atoms with Crippen LogP contribution < -0.4 is 10.6 Å². The van der Waals surface area contributed by atoms with E-state index in [1.165, 1.54) is 17.9 Å². The van der Waals surface area contributed by atoms with E-state index in [0.29, 0.717) is 0 Å². The van der Waals surface area contributed by atoms with Gasteiger partial charge in [0.1, 0.15) is 0 Å². The Kier molecular flexibility index (Phi) is 7.98. The molecule has 2 heterocycles. The quantitative estimate of drug-likeness (QED) is 0.410. The number of hydrogen-bond donors (Lipinski definition) is 2. The van der Waals surface area contributed by atoms with Crippen LogP contribution in [0.5, 0.6) is 0 Å². The Balaban J connectivity index is 0.00000242. The van der Waals surface area contributed by atoms with Gasteiger partial charge in [0.05, 0.1) is 12.2 Å². The number of likely N-dealkylation sites (N-methyl/N-ethyl adjacent to an activating group) is 1. The third kappa shape index (κ3) is 4.76. The van der Waals surface area contributed by atoms with Crippen molar-refractivity contribution in [2.75, 3.05) is 39.2 Å². The maximum absolute atomic E-state index is 4.31. The summed E-state index contributed by atoms with van der Waals surface area (Å²) in [5, 5.41) is 11.0. The van der Waals surface area contributed by atoms with Crippen LogP contribution >= 0.6 is 35.7 Å². The Labute approximate surface area is 154 Å². The smallest absolute Gasteiger partial charge is 0.191 e. The molecule has 2 N–H and O–H groups in total. The molecular weight excluding hydrogens is 411 g/mol. The van der Waals surface area contributed by atoms with Crippen molar-refractivity contribution in [3.05, 3.63) is 18.0 Å². The predicted molar refractivity (Wildman–Crippen MR) is 105 cm³/mol. The monoisotopic (exact) mass is 438 g/mol. The summed E-state index contributed by atoms with van der Waals surface area (Å²) in [6, 6.07) is 2.01. The van der Waals surface area contributed by atoms with Crippen LogP contribution in [0.15, 0.2) is 17.3 Å². The van der Waals surface area contributed by atoms with Gasteiger partial charge in [-0.3, -0.25) is 9.67 Å². The lowest BCUT2D eigenvalue weighted by molar-refractivity contribution is 0.183. The minimum absolute atomic E-state index is 0. The Morgan fingerprint density at radius 1 is 1.50 bits per heavy atom. The molecule has 0 spiro atoms. The van der Waals surface area contributed by atoms with Crippen molar-refractivity contribution < 1.29 is 0 Å². The number of thioether (sulfide) groups is 1. The van der Waals surface area contributed by atoms with Crippen LogP contribution in [0.25, 0.3) is 0 Å². The fourth-order valence-corrected chi connectivity index (χ4v) is 4.02. The summed E-state index contributed by atoms with van der Waals surface area (Å²) >= 11 is 2.03. The molecule has 2 rings (SSSR count). The molecule has 8 heteroatoms. The molecule has 22 heavy (non-hydrogen) atoms. The minimum Gasteiger partial charge on any atom is -0.355 e. The highest BCUT2D eigenvalue weighted by Crippen LogP contribution is 2.31. The molecule has 1 aromatic heterocycles. The van der Waals surface area contributed by atoms with E-state index in [1.54, 1.807) is 0 Å². The number of nitrogens with one attached hydrogen (secondary N) is 2. The number of aliphatic imine (C=N–C) groups is 1. The lowest BCUT2D eigenvalue weighted by Crippen LogP contribution is -2.54. The molecule has 0 aromatic carbocycles. The minimum atomic E-state index is 0. The highest BCUT2D eigenvalue weighted by atomic mass is 127. The van der Waals surface area contributed by atoms with Gasteiger partial charge < -0.3 is 15.5 Å².